The number of thiocarbonyl (C=S) groups is 1. The van der Waals surface area contributed by atoms with E-state index >= 15 is 0 Å². The standard InChI is InChI=1S/C20H22N4OS/c1-22(2)15-7-5-14(6-8-15)13-18-19(25)24(20(26)21-18)17-11-9-16(10-12-17)23(3)4/h5-13H,1-4H3,(H,21,26). The Morgan fingerprint density at radius 2 is 1.38 bits per heavy atom. The molecule has 1 saturated heterocycles. The summed E-state index contributed by atoms with van der Waals surface area (Å²) in [7, 11) is 7.94. The van der Waals surface area contributed by atoms with Gasteiger partial charge in [-0.15, -0.1) is 0 Å². The number of anilines is 3. The van der Waals surface area contributed by atoms with Crippen molar-refractivity contribution in [3.05, 3.63) is 59.8 Å². The molecule has 1 aliphatic heterocycles. The molecule has 1 aliphatic rings. The molecule has 134 valence electrons. The molecular formula is C20H22N4OS. The average Bonchev–Trinajstić information content (AvgIpc) is 2.89. The Morgan fingerprint density at radius 1 is 0.885 bits per heavy atom. The lowest BCUT2D eigenvalue weighted by Crippen LogP contribution is -2.30. The van der Waals surface area contributed by atoms with Crippen LogP contribution in [0.2, 0.25) is 0 Å². The maximum atomic E-state index is 12.8. The minimum atomic E-state index is -0.149. The van der Waals surface area contributed by atoms with Crippen molar-refractivity contribution in [2.45, 2.75) is 0 Å². The van der Waals surface area contributed by atoms with E-state index in [1.54, 1.807) is 0 Å². The number of carbonyl (C=O) groups excluding carboxylic acids is 1. The molecular weight excluding hydrogens is 344 g/mol. The van der Waals surface area contributed by atoms with Crippen LogP contribution in [0.5, 0.6) is 0 Å². The van der Waals surface area contributed by atoms with Crippen LogP contribution in [0.1, 0.15) is 5.56 Å². The van der Waals surface area contributed by atoms with Crippen LogP contribution in [0, 0.1) is 0 Å². The van der Waals surface area contributed by atoms with Gasteiger partial charge in [0.1, 0.15) is 5.70 Å². The lowest BCUT2D eigenvalue weighted by Gasteiger charge is -2.17. The van der Waals surface area contributed by atoms with Gasteiger partial charge in [-0.2, -0.15) is 0 Å². The Hall–Kier alpha value is -2.86. The first kappa shape index (κ1) is 17.9. The van der Waals surface area contributed by atoms with Crippen LogP contribution in [0.25, 0.3) is 6.08 Å². The van der Waals surface area contributed by atoms with Crippen LogP contribution >= 0.6 is 12.2 Å². The second-order valence-corrected chi connectivity index (χ2v) is 6.91. The fourth-order valence-corrected chi connectivity index (χ4v) is 3.00. The molecule has 0 saturated carbocycles. The third kappa shape index (κ3) is 3.55. The quantitative estimate of drug-likeness (QED) is 0.665. The number of rotatable bonds is 4. The molecule has 1 heterocycles. The average molecular weight is 366 g/mol. The summed E-state index contributed by atoms with van der Waals surface area (Å²) in [6, 6.07) is 15.7. The van der Waals surface area contributed by atoms with Gasteiger partial charge in [-0.3, -0.25) is 9.69 Å². The molecule has 6 heteroatoms. The van der Waals surface area contributed by atoms with E-state index in [0.29, 0.717) is 10.8 Å². The lowest BCUT2D eigenvalue weighted by molar-refractivity contribution is -0.113. The third-order valence-corrected chi connectivity index (χ3v) is 4.51. The van der Waals surface area contributed by atoms with Gasteiger partial charge in [0.25, 0.3) is 5.91 Å². The Balaban J connectivity index is 1.84. The number of nitrogens with one attached hydrogen (secondary N) is 1. The molecule has 2 aromatic carbocycles. The van der Waals surface area contributed by atoms with Gasteiger partial charge in [0.2, 0.25) is 0 Å². The summed E-state index contributed by atoms with van der Waals surface area (Å²) in [5.41, 5.74) is 4.35. The monoisotopic (exact) mass is 366 g/mol. The van der Waals surface area contributed by atoms with Crippen LogP contribution in [0.15, 0.2) is 54.2 Å². The number of nitrogens with zero attached hydrogens (tertiary/aromatic N) is 3. The van der Waals surface area contributed by atoms with Crippen LogP contribution < -0.4 is 20.0 Å². The Labute approximate surface area is 159 Å². The summed E-state index contributed by atoms with van der Waals surface area (Å²) in [4.78, 5) is 18.4. The molecule has 1 fully saturated rings. The van der Waals surface area contributed by atoms with E-state index < -0.39 is 0 Å². The van der Waals surface area contributed by atoms with Crippen LogP contribution in [0.4, 0.5) is 17.1 Å². The molecule has 0 aromatic heterocycles. The normalized spacial score (nSPS) is 15.4. The molecule has 26 heavy (non-hydrogen) atoms. The Morgan fingerprint density at radius 3 is 1.88 bits per heavy atom. The van der Waals surface area contributed by atoms with E-state index in [1.165, 1.54) is 4.90 Å². The van der Waals surface area contributed by atoms with Crippen molar-refractivity contribution in [3.8, 4) is 0 Å². The van der Waals surface area contributed by atoms with Crippen LogP contribution in [-0.2, 0) is 4.79 Å². The highest BCUT2D eigenvalue weighted by Crippen LogP contribution is 2.25. The number of benzene rings is 2. The molecule has 1 N–H and O–H groups in total. The van der Waals surface area contributed by atoms with Crippen molar-refractivity contribution in [1.82, 2.24) is 5.32 Å². The summed E-state index contributed by atoms with van der Waals surface area (Å²) in [5, 5.41) is 3.42. The summed E-state index contributed by atoms with van der Waals surface area (Å²) in [6.45, 7) is 0. The van der Waals surface area contributed by atoms with E-state index in [9.17, 15) is 4.79 Å². The molecule has 0 atom stereocenters. The Kier molecular flexibility index (Phi) is 4.95. The highest BCUT2D eigenvalue weighted by atomic mass is 32.1. The maximum Gasteiger partial charge on any atom is 0.281 e. The fraction of sp³-hybridized carbons (Fsp3) is 0.200. The van der Waals surface area contributed by atoms with E-state index in [1.807, 2.05) is 92.6 Å². The van der Waals surface area contributed by atoms with Gasteiger partial charge in [0.05, 0.1) is 5.69 Å². The molecule has 1 amide bonds. The second kappa shape index (κ2) is 7.17. The van der Waals surface area contributed by atoms with Gasteiger partial charge in [0.15, 0.2) is 5.11 Å². The summed E-state index contributed by atoms with van der Waals surface area (Å²) >= 11 is 5.37. The topological polar surface area (TPSA) is 38.8 Å². The first-order chi connectivity index (χ1) is 12.4. The summed E-state index contributed by atoms with van der Waals surface area (Å²) in [5.74, 6) is -0.149. The molecule has 2 aromatic rings. The molecule has 3 rings (SSSR count). The van der Waals surface area contributed by atoms with Crippen molar-refractivity contribution in [1.29, 1.82) is 0 Å². The molecule has 0 radical (unpaired) electrons. The number of hydrogen-bond donors (Lipinski definition) is 1. The maximum absolute atomic E-state index is 12.8. The zero-order chi connectivity index (χ0) is 18.8. The zero-order valence-corrected chi connectivity index (χ0v) is 16.2. The van der Waals surface area contributed by atoms with Gasteiger partial charge in [-0.05, 0) is 60.3 Å². The van der Waals surface area contributed by atoms with Crippen molar-refractivity contribution < 1.29 is 4.79 Å². The largest absolute Gasteiger partial charge is 0.378 e. The fourth-order valence-electron chi connectivity index (χ4n) is 2.70. The molecule has 0 unspecified atom stereocenters. The summed E-state index contributed by atoms with van der Waals surface area (Å²) < 4.78 is 0. The van der Waals surface area contributed by atoms with Crippen molar-refractivity contribution in [2.75, 3.05) is 42.9 Å². The highest BCUT2D eigenvalue weighted by molar-refractivity contribution is 7.80. The molecule has 5 nitrogen and oxygen atoms in total. The van der Waals surface area contributed by atoms with Gasteiger partial charge in [-0.1, -0.05) is 12.1 Å². The van der Waals surface area contributed by atoms with E-state index in [0.717, 1.165) is 22.6 Å². The third-order valence-electron chi connectivity index (χ3n) is 4.22. The lowest BCUT2D eigenvalue weighted by atomic mass is 10.1. The predicted octanol–water partition coefficient (Wildman–Crippen LogP) is 3.08. The van der Waals surface area contributed by atoms with Gasteiger partial charge < -0.3 is 15.1 Å². The number of hydrogen-bond acceptors (Lipinski definition) is 4. The SMILES string of the molecule is CN(C)c1ccc(C=C2NC(=S)N(c3ccc(N(C)C)cc3)C2=O)cc1. The van der Waals surface area contributed by atoms with Crippen molar-refractivity contribution in [3.63, 3.8) is 0 Å². The summed E-state index contributed by atoms with van der Waals surface area (Å²) in [6.07, 6.45) is 1.82. The number of carbonyl (C=O) groups is 1. The van der Waals surface area contributed by atoms with Gasteiger partial charge in [0, 0.05) is 39.6 Å². The van der Waals surface area contributed by atoms with Crippen molar-refractivity contribution >= 4 is 46.4 Å². The van der Waals surface area contributed by atoms with E-state index in [4.69, 9.17) is 12.2 Å². The van der Waals surface area contributed by atoms with E-state index in [-0.39, 0.29) is 5.91 Å². The first-order valence-corrected chi connectivity index (χ1v) is 8.69. The zero-order valence-electron chi connectivity index (χ0n) is 15.4. The van der Waals surface area contributed by atoms with Crippen LogP contribution in [-0.4, -0.2) is 39.2 Å². The van der Waals surface area contributed by atoms with Gasteiger partial charge in [-0.25, -0.2) is 0 Å². The number of amides is 1. The minimum Gasteiger partial charge on any atom is -0.378 e. The highest BCUT2D eigenvalue weighted by Gasteiger charge is 2.31. The van der Waals surface area contributed by atoms with Crippen molar-refractivity contribution in [2.24, 2.45) is 0 Å². The Bertz CT molecular complexity index is 854. The van der Waals surface area contributed by atoms with Crippen LogP contribution in [0.3, 0.4) is 0 Å². The molecule has 0 bridgehead atoms. The van der Waals surface area contributed by atoms with E-state index in [2.05, 4.69) is 5.32 Å². The second-order valence-electron chi connectivity index (χ2n) is 6.53. The predicted molar refractivity (Wildman–Crippen MR) is 113 cm³/mol. The van der Waals surface area contributed by atoms with Gasteiger partial charge >= 0.3 is 0 Å². The minimum absolute atomic E-state index is 0.149. The smallest absolute Gasteiger partial charge is 0.281 e. The first-order valence-electron chi connectivity index (χ1n) is 8.29. The molecule has 0 spiro atoms. The molecule has 0 aliphatic carbocycles.